The van der Waals surface area contributed by atoms with Crippen molar-refractivity contribution in [2.75, 3.05) is 0 Å². The first-order chi connectivity index (χ1) is 11.4. The number of pyridine rings is 3. The standard InChI is InChI=1S/3C7H9N.CH4/c2*1-6-3-4-8-5-7(6)2;1-6-4-3-5-8-7(6)2;/h3*3-5H,1-2H3;1H4. The Kier molecular flexibility index (Phi) is 10.7. The van der Waals surface area contributed by atoms with Crippen molar-refractivity contribution in [1.82, 2.24) is 15.0 Å². The Morgan fingerprint density at radius 3 is 1.28 bits per heavy atom. The molecule has 0 saturated carbocycles. The van der Waals surface area contributed by atoms with Gasteiger partial charge in [-0.2, -0.15) is 0 Å². The molecule has 0 aliphatic heterocycles. The molecule has 3 aromatic heterocycles. The molecule has 3 heteroatoms. The van der Waals surface area contributed by atoms with Crippen LogP contribution in [0.3, 0.4) is 0 Å². The van der Waals surface area contributed by atoms with Crippen LogP contribution in [0.2, 0.25) is 0 Å². The molecule has 0 N–H and O–H groups in total. The highest BCUT2D eigenvalue weighted by Gasteiger charge is 1.86. The molecular weight excluding hydrogens is 306 g/mol. The average Bonchev–Trinajstić information content (AvgIpc) is 2.57. The van der Waals surface area contributed by atoms with Gasteiger partial charge in [0.05, 0.1) is 0 Å². The first kappa shape index (κ1) is 22.4. The highest BCUT2D eigenvalue weighted by Crippen LogP contribution is 2.01. The van der Waals surface area contributed by atoms with Crippen LogP contribution >= 0.6 is 0 Å². The second-order valence-electron chi connectivity index (χ2n) is 5.83. The zero-order chi connectivity index (χ0) is 17.9. The van der Waals surface area contributed by atoms with Crippen LogP contribution in [0.4, 0.5) is 0 Å². The van der Waals surface area contributed by atoms with Crippen molar-refractivity contribution in [1.29, 1.82) is 0 Å². The van der Waals surface area contributed by atoms with E-state index in [9.17, 15) is 0 Å². The summed E-state index contributed by atoms with van der Waals surface area (Å²) in [6, 6.07) is 8.02. The van der Waals surface area contributed by atoms with Crippen molar-refractivity contribution in [3.05, 3.63) is 88.8 Å². The molecule has 0 fully saturated rings. The monoisotopic (exact) mass is 337 g/mol. The van der Waals surface area contributed by atoms with Gasteiger partial charge in [0.2, 0.25) is 0 Å². The van der Waals surface area contributed by atoms with Crippen molar-refractivity contribution in [2.45, 2.75) is 49.0 Å². The Labute approximate surface area is 153 Å². The fourth-order valence-electron chi connectivity index (χ4n) is 1.65. The molecule has 0 aliphatic rings. The molecule has 0 aliphatic carbocycles. The molecule has 3 aromatic rings. The molecular formula is C22H31N3. The Balaban J connectivity index is 0.000000339. The van der Waals surface area contributed by atoms with E-state index in [1.165, 1.54) is 27.8 Å². The summed E-state index contributed by atoms with van der Waals surface area (Å²) in [6.45, 7) is 12.3. The van der Waals surface area contributed by atoms with E-state index in [0.29, 0.717) is 0 Å². The molecule has 0 unspecified atom stereocenters. The first-order valence-electron chi connectivity index (χ1n) is 8.04. The average molecular weight is 338 g/mol. The van der Waals surface area contributed by atoms with Crippen LogP contribution in [0.15, 0.2) is 55.2 Å². The van der Waals surface area contributed by atoms with Gasteiger partial charge in [-0.25, -0.2) is 0 Å². The minimum absolute atomic E-state index is 0. The fraction of sp³-hybridized carbons (Fsp3) is 0.318. The minimum Gasteiger partial charge on any atom is -0.264 e. The minimum atomic E-state index is 0. The molecule has 0 bridgehead atoms. The maximum absolute atomic E-state index is 4.08. The van der Waals surface area contributed by atoms with E-state index in [0.717, 1.165) is 5.69 Å². The number of nitrogens with zero attached hydrogens (tertiary/aromatic N) is 3. The zero-order valence-electron chi connectivity index (χ0n) is 15.5. The molecule has 25 heavy (non-hydrogen) atoms. The predicted octanol–water partition coefficient (Wildman–Crippen LogP) is 5.73. The van der Waals surface area contributed by atoms with Crippen molar-refractivity contribution in [3.63, 3.8) is 0 Å². The lowest BCUT2D eigenvalue weighted by Gasteiger charge is -1.92. The zero-order valence-corrected chi connectivity index (χ0v) is 15.5. The molecule has 3 nitrogen and oxygen atoms in total. The normalized spacial score (nSPS) is 8.88. The van der Waals surface area contributed by atoms with Gasteiger partial charge in [0.1, 0.15) is 0 Å². The highest BCUT2D eigenvalue weighted by atomic mass is 14.7. The lowest BCUT2D eigenvalue weighted by atomic mass is 10.2. The van der Waals surface area contributed by atoms with E-state index < -0.39 is 0 Å². The quantitative estimate of drug-likeness (QED) is 0.525. The third-order valence-corrected chi connectivity index (χ3v) is 3.87. The molecule has 0 spiro atoms. The molecule has 0 aromatic carbocycles. The van der Waals surface area contributed by atoms with Crippen LogP contribution < -0.4 is 0 Å². The summed E-state index contributed by atoms with van der Waals surface area (Å²) >= 11 is 0. The van der Waals surface area contributed by atoms with Crippen LogP contribution in [0, 0.1) is 41.5 Å². The molecule has 0 radical (unpaired) electrons. The third-order valence-electron chi connectivity index (χ3n) is 3.87. The number of aryl methyl sites for hydroxylation is 6. The number of aromatic nitrogens is 3. The van der Waals surface area contributed by atoms with Gasteiger partial charge >= 0.3 is 0 Å². The van der Waals surface area contributed by atoms with Crippen LogP contribution in [-0.2, 0) is 0 Å². The molecule has 0 saturated heterocycles. The smallest absolute Gasteiger partial charge is 0.0401 e. The van der Waals surface area contributed by atoms with Gasteiger partial charge in [-0.1, -0.05) is 13.5 Å². The topological polar surface area (TPSA) is 38.7 Å². The maximum atomic E-state index is 4.08. The Hall–Kier alpha value is -2.55. The summed E-state index contributed by atoms with van der Waals surface area (Å²) in [7, 11) is 0. The van der Waals surface area contributed by atoms with Gasteiger partial charge in [-0.15, -0.1) is 0 Å². The molecule has 3 rings (SSSR count). The van der Waals surface area contributed by atoms with E-state index >= 15 is 0 Å². The molecule has 3 heterocycles. The van der Waals surface area contributed by atoms with Gasteiger partial charge in [-0.3, -0.25) is 15.0 Å². The SMILES string of the molecule is C.Cc1cccnc1C.Cc1ccncc1C.Cc1ccncc1C. The summed E-state index contributed by atoms with van der Waals surface area (Å²) < 4.78 is 0. The fourth-order valence-corrected chi connectivity index (χ4v) is 1.65. The second-order valence-corrected chi connectivity index (χ2v) is 5.83. The van der Waals surface area contributed by atoms with E-state index in [1.807, 2.05) is 56.1 Å². The molecule has 134 valence electrons. The van der Waals surface area contributed by atoms with Crippen molar-refractivity contribution < 1.29 is 0 Å². The number of rotatable bonds is 0. The number of hydrogen-bond donors (Lipinski definition) is 0. The second kappa shape index (κ2) is 11.9. The van der Waals surface area contributed by atoms with Gasteiger partial charge in [-0.05, 0) is 87.6 Å². The Bertz CT molecular complexity index is 585. The van der Waals surface area contributed by atoms with E-state index in [1.54, 1.807) is 0 Å². The lowest BCUT2D eigenvalue weighted by molar-refractivity contribution is 1.15. The van der Waals surface area contributed by atoms with Gasteiger partial charge in [0.15, 0.2) is 0 Å². The van der Waals surface area contributed by atoms with Crippen molar-refractivity contribution in [2.24, 2.45) is 0 Å². The first-order valence-corrected chi connectivity index (χ1v) is 8.04. The summed E-state index contributed by atoms with van der Waals surface area (Å²) in [5.74, 6) is 0. The Morgan fingerprint density at radius 1 is 0.560 bits per heavy atom. The van der Waals surface area contributed by atoms with Crippen LogP contribution in [0.25, 0.3) is 0 Å². The van der Waals surface area contributed by atoms with E-state index in [2.05, 4.69) is 55.6 Å². The molecule has 0 atom stereocenters. The summed E-state index contributed by atoms with van der Waals surface area (Å²) in [5.41, 5.74) is 7.50. The van der Waals surface area contributed by atoms with Crippen LogP contribution in [-0.4, -0.2) is 15.0 Å². The van der Waals surface area contributed by atoms with Crippen LogP contribution in [0.5, 0.6) is 0 Å². The van der Waals surface area contributed by atoms with Crippen LogP contribution in [0.1, 0.15) is 40.9 Å². The molecule has 0 amide bonds. The maximum Gasteiger partial charge on any atom is 0.0401 e. The summed E-state index contributed by atoms with van der Waals surface area (Å²) in [4.78, 5) is 12.0. The van der Waals surface area contributed by atoms with Gasteiger partial charge in [0, 0.05) is 36.7 Å². The summed E-state index contributed by atoms with van der Waals surface area (Å²) in [6.07, 6.45) is 9.16. The third kappa shape index (κ3) is 8.75. The Morgan fingerprint density at radius 2 is 1.04 bits per heavy atom. The highest BCUT2D eigenvalue weighted by molar-refractivity contribution is 5.19. The largest absolute Gasteiger partial charge is 0.264 e. The lowest BCUT2D eigenvalue weighted by Crippen LogP contribution is -1.81. The van der Waals surface area contributed by atoms with E-state index in [4.69, 9.17) is 0 Å². The van der Waals surface area contributed by atoms with Gasteiger partial charge < -0.3 is 0 Å². The van der Waals surface area contributed by atoms with Crippen molar-refractivity contribution in [3.8, 4) is 0 Å². The predicted molar refractivity (Wildman–Crippen MR) is 108 cm³/mol. The van der Waals surface area contributed by atoms with Crippen molar-refractivity contribution >= 4 is 0 Å². The number of hydrogen-bond acceptors (Lipinski definition) is 3. The summed E-state index contributed by atoms with van der Waals surface area (Å²) in [5, 5.41) is 0. The van der Waals surface area contributed by atoms with E-state index in [-0.39, 0.29) is 7.43 Å². The van der Waals surface area contributed by atoms with Gasteiger partial charge in [0.25, 0.3) is 0 Å².